The van der Waals surface area contributed by atoms with Crippen LogP contribution in [0.2, 0.25) is 0 Å². The minimum atomic E-state index is 0.230. The summed E-state index contributed by atoms with van der Waals surface area (Å²) in [5.74, 6) is 0. The highest BCUT2D eigenvalue weighted by atomic mass is 15.1. The van der Waals surface area contributed by atoms with Crippen LogP contribution in [0.4, 0.5) is 0 Å². The molecule has 0 saturated heterocycles. The smallest absolute Gasteiger partial charge is 0.218 e. The summed E-state index contributed by atoms with van der Waals surface area (Å²) in [5.41, 5.74) is 8.60. The lowest BCUT2D eigenvalue weighted by atomic mass is 9.87. The Morgan fingerprint density at radius 3 is 2.85 bits per heavy atom. The van der Waals surface area contributed by atoms with Crippen molar-refractivity contribution < 1.29 is 4.58 Å². The predicted molar refractivity (Wildman–Crippen MR) is 108 cm³/mol. The monoisotopic (exact) mass is 343 g/mol. The average Bonchev–Trinajstić information content (AvgIpc) is 3.26. The van der Waals surface area contributed by atoms with Gasteiger partial charge in [0, 0.05) is 29.3 Å². The lowest BCUT2D eigenvalue weighted by molar-refractivity contribution is -0.596. The molecule has 26 heavy (non-hydrogen) atoms. The summed E-state index contributed by atoms with van der Waals surface area (Å²) in [5, 5.41) is 1.39. The van der Waals surface area contributed by atoms with Crippen molar-refractivity contribution >= 4 is 17.6 Å². The van der Waals surface area contributed by atoms with Crippen LogP contribution in [-0.2, 0) is 19.3 Å². The number of nitrogens with one attached hydrogen (secondary N) is 1. The van der Waals surface area contributed by atoms with Gasteiger partial charge in [-0.1, -0.05) is 37.3 Å². The second kappa shape index (κ2) is 6.12. The molecule has 0 amide bonds. The fraction of sp³-hybridized carbons (Fsp3) is 0.375. The largest absolute Gasteiger partial charge is 0.352 e. The number of H-pyrrole nitrogens is 1. The molecule has 132 valence electrons. The van der Waals surface area contributed by atoms with E-state index in [4.69, 9.17) is 0 Å². The summed E-state index contributed by atoms with van der Waals surface area (Å²) in [6.07, 6.45) is 7.26. The van der Waals surface area contributed by atoms with Gasteiger partial charge < -0.3 is 4.98 Å². The Labute approximate surface area is 155 Å². The molecule has 2 unspecified atom stereocenters. The maximum Gasteiger partial charge on any atom is 0.218 e. The Morgan fingerprint density at radius 1 is 1.12 bits per heavy atom. The van der Waals surface area contributed by atoms with Crippen LogP contribution in [0.1, 0.15) is 60.2 Å². The number of aryl methyl sites for hydroxylation is 2. The number of nitrogens with zero attached hydrogens (tertiary/aromatic N) is 1. The molecular weight excluding hydrogens is 316 g/mol. The normalized spacial score (nSPS) is 21.8. The van der Waals surface area contributed by atoms with Crippen molar-refractivity contribution in [3.8, 4) is 0 Å². The van der Waals surface area contributed by atoms with Crippen molar-refractivity contribution in [3.63, 3.8) is 0 Å². The highest BCUT2D eigenvalue weighted by Gasteiger charge is 2.39. The van der Waals surface area contributed by atoms with Crippen LogP contribution < -0.4 is 0 Å². The van der Waals surface area contributed by atoms with Crippen molar-refractivity contribution in [1.29, 1.82) is 0 Å². The predicted octanol–water partition coefficient (Wildman–Crippen LogP) is 5.18. The molecule has 1 aliphatic carbocycles. The SMILES string of the molecule is C=[N+]1C(CCC)Cc2c([nH]c3ccccc23)C1c1ccc2c(c1)CCC2. The summed E-state index contributed by atoms with van der Waals surface area (Å²) in [6, 6.07) is 16.6. The van der Waals surface area contributed by atoms with Crippen LogP contribution in [-0.4, -0.2) is 22.3 Å². The molecule has 3 aromatic rings. The summed E-state index contributed by atoms with van der Waals surface area (Å²) in [6.45, 7) is 6.81. The molecule has 2 heterocycles. The summed E-state index contributed by atoms with van der Waals surface area (Å²) in [4.78, 5) is 3.74. The number of aromatic amines is 1. The molecule has 0 radical (unpaired) electrons. The van der Waals surface area contributed by atoms with Gasteiger partial charge in [-0.15, -0.1) is 0 Å². The van der Waals surface area contributed by atoms with Crippen molar-refractivity contribution in [3.05, 3.63) is 70.4 Å². The number of para-hydroxylation sites is 1. The molecule has 2 atom stereocenters. The third kappa shape index (κ3) is 2.35. The average molecular weight is 343 g/mol. The third-order valence-corrected chi connectivity index (χ3v) is 6.42. The van der Waals surface area contributed by atoms with Crippen LogP contribution >= 0.6 is 0 Å². The van der Waals surface area contributed by atoms with Gasteiger partial charge in [0.1, 0.15) is 6.72 Å². The molecule has 1 aliphatic heterocycles. The lowest BCUT2D eigenvalue weighted by Gasteiger charge is -2.28. The van der Waals surface area contributed by atoms with Crippen LogP contribution in [0.5, 0.6) is 0 Å². The molecule has 2 aliphatic rings. The van der Waals surface area contributed by atoms with Crippen LogP contribution in [0, 0.1) is 0 Å². The topological polar surface area (TPSA) is 18.8 Å². The van der Waals surface area contributed by atoms with Crippen LogP contribution in [0.15, 0.2) is 42.5 Å². The fourth-order valence-corrected chi connectivity index (χ4v) is 5.12. The zero-order chi connectivity index (χ0) is 17.7. The Balaban J connectivity index is 1.69. The molecule has 2 heteroatoms. The molecule has 5 rings (SSSR count). The van der Waals surface area contributed by atoms with Gasteiger partial charge in [0.25, 0.3) is 0 Å². The summed E-state index contributed by atoms with van der Waals surface area (Å²) < 4.78 is 2.37. The van der Waals surface area contributed by atoms with E-state index in [1.54, 1.807) is 11.1 Å². The standard InChI is InChI=1S/C24H27N2/c1-3-7-19-15-21-20-10-4-5-11-22(20)25-23(21)24(26(19)2)18-13-12-16-8-6-9-17(16)14-18/h4-5,10-14,19,24-25H,2-3,6-9,15H2,1H3/q+1. The summed E-state index contributed by atoms with van der Waals surface area (Å²) >= 11 is 0. The second-order valence-corrected chi connectivity index (χ2v) is 8.01. The van der Waals surface area contributed by atoms with Crippen LogP contribution in [0.25, 0.3) is 10.9 Å². The van der Waals surface area contributed by atoms with Gasteiger partial charge in [-0.2, -0.15) is 0 Å². The Hall–Kier alpha value is -2.35. The Morgan fingerprint density at radius 2 is 1.96 bits per heavy atom. The Kier molecular flexibility index (Phi) is 3.74. The fourth-order valence-electron chi connectivity index (χ4n) is 5.12. The van der Waals surface area contributed by atoms with Crippen LogP contribution in [0.3, 0.4) is 0 Å². The molecule has 0 spiro atoms. The highest BCUT2D eigenvalue weighted by molar-refractivity contribution is 5.85. The van der Waals surface area contributed by atoms with Gasteiger partial charge in [0.2, 0.25) is 6.04 Å². The van der Waals surface area contributed by atoms with Gasteiger partial charge in [-0.3, -0.25) is 0 Å². The van der Waals surface area contributed by atoms with E-state index in [0.29, 0.717) is 6.04 Å². The van der Waals surface area contributed by atoms with E-state index in [0.717, 1.165) is 6.42 Å². The number of hydrogen-bond donors (Lipinski definition) is 1. The molecule has 2 aromatic carbocycles. The van der Waals surface area contributed by atoms with E-state index >= 15 is 0 Å². The molecule has 0 fully saturated rings. The molecular formula is C24H27N2+. The van der Waals surface area contributed by atoms with E-state index in [-0.39, 0.29) is 6.04 Å². The zero-order valence-electron chi connectivity index (χ0n) is 15.6. The first-order chi connectivity index (χ1) is 12.8. The Bertz CT molecular complexity index is 995. The van der Waals surface area contributed by atoms with Crippen molar-refractivity contribution in [1.82, 2.24) is 4.98 Å². The minimum absolute atomic E-state index is 0.230. The maximum absolute atomic E-state index is 4.53. The number of rotatable bonds is 3. The first-order valence-electron chi connectivity index (χ1n) is 10.1. The van der Waals surface area contributed by atoms with E-state index in [2.05, 4.69) is 65.7 Å². The molecule has 0 saturated carbocycles. The molecule has 1 N–H and O–H groups in total. The zero-order valence-corrected chi connectivity index (χ0v) is 15.6. The number of fused-ring (bicyclic) bond motifs is 4. The van der Waals surface area contributed by atoms with Gasteiger partial charge >= 0.3 is 0 Å². The van der Waals surface area contributed by atoms with E-state index in [1.807, 2.05) is 0 Å². The quantitative estimate of drug-likeness (QED) is 0.632. The molecule has 1 aromatic heterocycles. The van der Waals surface area contributed by atoms with Gasteiger partial charge in [0.15, 0.2) is 6.04 Å². The molecule has 0 bridgehead atoms. The van der Waals surface area contributed by atoms with Crippen molar-refractivity contribution in [2.45, 2.75) is 57.5 Å². The first kappa shape index (κ1) is 15.9. The first-order valence-corrected chi connectivity index (χ1v) is 10.1. The number of benzene rings is 2. The third-order valence-electron chi connectivity index (χ3n) is 6.42. The van der Waals surface area contributed by atoms with E-state index in [9.17, 15) is 0 Å². The number of aromatic nitrogens is 1. The molecule has 2 nitrogen and oxygen atoms in total. The second-order valence-electron chi connectivity index (χ2n) is 8.01. The van der Waals surface area contributed by atoms with Gasteiger partial charge in [-0.05, 0) is 54.5 Å². The van der Waals surface area contributed by atoms with Gasteiger partial charge in [0.05, 0.1) is 5.69 Å². The summed E-state index contributed by atoms with van der Waals surface area (Å²) in [7, 11) is 0. The highest BCUT2D eigenvalue weighted by Crippen LogP contribution is 2.40. The minimum Gasteiger partial charge on any atom is -0.352 e. The lowest BCUT2D eigenvalue weighted by Crippen LogP contribution is -2.36. The van der Waals surface area contributed by atoms with Crippen molar-refractivity contribution in [2.24, 2.45) is 0 Å². The van der Waals surface area contributed by atoms with E-state index in [1.165, 1.54) is 59.8 Å². The van der Waals surface area contributed by atoms with Crippen molar-refractivity contribution in [2.75, 3.05) is 0 Å². The van der Waals surface area contributed by atoms with Gasteiger partial charge in [-0.25, -0.2) is 4.58 Å². The number of hydrogen-bond acceptors (Lipinski definition) is 0. The van der Waals surface area contributed by atoms with E-state index < -0.39 is 0 Å². The maximum atomic E-state index is 4.53.